The second-order valence-corrected chi connectivity index (χ2v) is 8.86. The van der Waals surface area contributed by atoms with Crippen molar-refractivity contribution in [2.45, 2.75) is 18.6 Å². The van der Waals surface area contributed by atoms with Crippen LogP contribution in [0.2, 0.25) is 0 Å². The van der Waals surface area contributed by atoms with E-state index in [-0.39, 0.29) is 16.8 Å². The molecule has 0 unspecified atom stereocenters. The van der Waals surface area contributed by atoms with E-state index in [1.54, 1.807) is 24.3 Å². The van der Waals surface area contributed by atoms with E-state index in [2.05, 4.69) is 0 Å². The summed E-state index contributed by atoms with van der Waals surface area (Å²) in [5, 5.41) is 0. The molecule has 2 fully saturated rings. The lowest BCUT2D eigenvalue weighted by Gasteiger charge is -2.27. The lowest BCUT2D eigenvalue weighted by atomic mass is 9.77. The fourth-order valence-corrected chi connectivity index (χ4v) is 5.44. The Labute approximate surface area is 193 Å². The number of amides is 2. The van der Waals surface area contributed by atoms with Crippen LogP contribution in [0.5, 0.6) is 0 Å². The van der Waals surface area contributed by atoms with Crippen LogP contribution in [0.15, 0.2) is 72.8 Å². The first-order chi connectivity index (χ1) is 16.4. The molecule has 0 N–H and O–H groups in total. The molecule has 0 bridgehead atoms. The van der Waals surface area contributed by atoms with Crippen molar-refractivity contribution in [2.24, 2.45) is 11.8 Å². The minimum Gasteiger partial charge on any atom is -0.349 e. The normalized spacial score (nSPS) is 24.8. The average Bonchev–Trinajstić information content (AvgIpc) is 3.40. The van der Waals surface area contributed by atoms with Crippen LogP contribution in [0.4, 0.5) is 10.1 Å². The molecule has 2 saturated heterocycles. The molecule has 2 heterocycles. The van der Waals surface area contributed by atoms with Gasteiger partial charge in [0.15, 0.2) is 0 Å². The van der Waals surface area contributed by atoms with Gasteiger partial charge < -0.3 is 4.74 Å². The highest BCUT2D eigenvalue weighted by molar-refractivity contribution is 6.37. The SMILES string of the molecule is Cc1ccc([C@H]2OC3(C(=O)c4ccccc4C3=O)[C@@H]3C(=O)N(c4ccccc4F)C(=O)[C@H]23)cc1. The third kappa shape index (κ3) is 2.47. The molecule has 3 aromatic rings. The van der Waals surface area contributed by atoms with E-state index in [4.69, 9.17) is 4.74 Å². The molecule has 0 saturated carbocycles. The molecule has 7 heteroatoms. The molecule has 6 rings (SSSR count). The molecule has 34 heavy (non-hydrogen) atoms. The number of ketones is 2. The molecule has 168 valence electrons. The second kappa shape index (κ2) is 7.01. The standard InChI is InChI=1S/C27H18FNO5/c1-14-10-12-15(13-11-14)22-20-21(26(33)29(25(20)32)19-9-5-4-8-18(19)28)27(34-22)23(30)16-6-2-3-7-17(16)24(27)31/h2-13,20-22H,1H3/t20-,21-,22+/m0/s1. The van der Waals surface area contributed by atoms with Crippen LogP contribution in [0.25, 0.3) is 0 Å². The zero-order chi connectivity index (χ0) is 23.8. The minimum absolute atomic E-state index is 0.153. The number of imide groups is 1. The van der Waals surface area contributed by atoms with Crippen LogP contribution < -0.4 is 4.90 Å². The highest BCUT2D eigenvalue weighted by Gasteiger charge is 2.74. The van der Waals surface area contributed by atoms with Gasteiger partial charge >= 0.3 is 0 Å². The fraction of sp³-hybridized carbons (Fsp3) is 0.185. The van der Waals surface area contributed by atoms with Crippen LogP contribution in [-0.4, -0.2) is 29.0 Å². The molecule has 1 aliphatic carbocycles. The molecule has 3 aromatic carbocycles. The number of ether oxygens (including phenoxy) is 1. The number of Topliss-reactive ketones (excluding diaryl/α,β-unsaturated/α-hetero) is 2. The van der Waals surface area contributed by atoms with Crippen LogP contribution in [0.1, 0.15) is 37.9 Å². The van der Waals surface area contributed by atoms with E-state index in [1.807, 2.05) is 19.1 Å². The Balaban J connectivity index is 1.56. The van der Waals surface area contributed by atoms with Gasteiger partial charge in [-0.15, -0.1) is 0 Å². The van der Waals surface area contributed by atoms with Gasteiger partial charge in [-0.3, -0.25) is 19.2 Å². The number of hydrogen-bond acceptors (Lipinski definition) is 5. The first-order valence-corrected chi connectivity index (χ1v) is 10.9. The Hall–Kier alpha value is -3.97. The Morgan fingerprint density at radius 3 is 2.00 bits per heavy atom. The third-order valence-electron chi connectivity index (χ3n) is 7.02. The van der Waals surface area contributed by atoms with E-state index < -0.39 is 52.7 Å². The predicted molar refractivity (Wildman–Crippen MR) is 119 cm³/mol. The summed E-state index contributed by atoms with van der Waals surface area (Å²) in [5.74, 6) is -6.11. The first-order valence-electron chi connectivity index (χ1n) is 10.9. The number of benzene rings is 3. The number of hydrogen-bond donors (Lipinski definition) is 0. The van der Waals surface area contributed by atoms with Gasteiger partial charge in [-0.1, -0.05) is 66.2 Å². The van der Waals surface area contributed by atoms with E-state index in [9.17, 15) is 23.6 Å². The third-order valence-corrected chi connectivity index (χ3v) is 7.02. The van der Waals surface area contributed by atoms with Crippen LogP contribution >= 0.6 is 0 Å². The maximum Gasteiger partial charge on any atom is 0.241 e. The molecule has 6 nitrogen and oxygen atoms in total. The number of rotatable bonds is 2. The summed E-state index contributed by atoms with van der Waals surface area (Å²) >= 11 is 0. The smallest absolute Gasteiger partial charge is 0.241 e. The summed E-state index contributed by atoms with van der Waals surface area (Å²) in [5.41, 5.74) is -0.543. The summed E-state index contributed by atoms with van der Waals surface area (Å²) in [6, 6.07) is 18.8. The molecule has 0 radical (unpaired) electrons. The van der Waals surface area contributed by atoms with E-state index in [0.29, 0.717) is 5.56 Å². The summed E-state index contributed by atoms with van der Waals surface area (Å²) in [4.78, 5) is 55.5. The maximum atomic E-state index is 14.7. The summed E-state index contributed by atoms with van der Waals surface area (Å²) in [7, 11) is 0. The summed E-state index contributed by atoms with van der Waals surface area (Å²) < 4.78 is 20.9. The summed E-state index contributed by atoms with van der Waals surface area (Å²) in [6.45, 7) is 1.90. The van der Waals surface area contributed by atoms with E-state index in [0.717, 1.165) is 16.5 Å². The number of aryl methyl sites for hydroxylation is 1. The van der Waals surface area contributed by atoms with Crippen molar-refractivity contribution in [3.8, 4) is 0 Å². The zero-order valence-corrected chi connectivity index (χ0v) is 18.0. The number of carbonyl (C=O) groups excluding carboxylic acids is 4. The van der Waals surface area contributed by atoms with E-state index >= 15 is 0 Å². The molecule has 0 aromatic heterocycles. The van der Waals surface area contributed by atoms with Gasteiger partial charge in [0.1, 0.15) is 5.82 Å². The molecule has 2 aliphatic heterocycles. The largest absolute Gasteiger partial charge is 0.349 e. The highest BCUT2D eigenvalue weighted by Crippen LogP contribution is 2.57. The Morgan fingerprint density at radius 2 is 1.38 bits per heavy atom. The van der Waals surface area contributed by atoms with Crippen LogP contribution in [0.3, 0.4) is 0 Å². The van der Waals surface area contributed by atoms with Crippen molar-refractivity contribution in [3.05, 3.63) is 101 Å². The average molecular weight is 455 g/mol. The second-order valence-electron chi connectivity index (χ2n) is 8.86. The van der Waals surface area contributed by atoms with Crippen molar-refractivity contribution in [3.63, 3.8) is 0 Å². The number of carbonyl (C=O) groups is 4. The monoisotopic (exact) mass is 455 g/mol. The number of anilines is 1. The predicted octanol–water partition coefficient (Wildman–Crippen LogP) is 3.83. The van der Waals surface area contributed by atoms with Gasteiger partial charge in [-0.2, -0.15) is 0 Å². The van der Waals surface area contributed by atoms with Gasteiger partial charge in [0.25, 0.3) is 0 Å². The number of fused-ring (bicyclic) bond motifs is 3. The van der Waals surface area contributed by atoms with Gasteiger partial charge in [0, 0.05) is 11.1 Å². The highest BCUT2D eigenvalue weighted by atomic mass is 19.1. The number of para-hydroxylation sites is 1. The first kappa shape index (κ1) is 20.6. The minimum atomic E-state index is -2.17. The molecule has 3 atom stereocenters. The van der Waals surface area contributed by atoms with Crippen molar-refractivity contribution < 1.29 is 28.3 Å². The Kier molecular flexibility index (Phi) is 4.25. The quantitative estimate of drug-likeness (QED) is 0.433. The van der Waals surface area contributed by atoms with Gasteiger partial charge in [-0.25, -0.2) is 9.29 Å². The number of halogens is 1. The van der Waals surface area contributed by atoms with Crippen LogP contribution in [-0.2, 0) is 14.3 Å². The zero-order valence-electron chi connectivity index (χ0n) is 18.0. The van der Waals surface area contributed by atoms with E-state index in [1.165, 1.54) is 30.3 Å². The molecular formula is C27H18FNO5. The lowest BCUT2D eigenvalue weighted by Crippen LogP contribution is -2.51. The fourth-order valence-electron chi connectivity index (χ4n) is 5.44. The van der Waals surface area contributed by atoms with Crippen molar-refractivity contribution >= 4 is 29.1 Å². The topological polar surface area (TPSA) is 80.8 Å². The molecule has 2 amide bonds. The Morgan fingerprint density at radius 1 is 0.794 bits per heavy atom. The van der Waals surface area contributed by atoms with Gasteiger partial charge in [0.05, 0.1) is 23.6 Å². The molecule has 1 spiro atoms. The number of nitrogens with zero attached hydrogens (tertiary/aromatic N) is 1. The van der Waals surface area contributed by atoms with Crippen LogP contribution in [0, 0.1) is 24.6 Å². The summed E-state index contributed by atoms with van der Waals surface area (Å²) in [6.07, 6.45) is -1.03. The van der Waals surface area contributed by atoms with Crippen molar-refractivity contribution in [1.82, 2.24) is 0 Å². The van der Waals surface area contributed by atoms with Gasteiger partial charge in [-0.05, 0) is 24.6 Å². The lowest BCUT2D eigenvalue weighted by molar-refractivity contribution is -0.127. The molecular weight excluding hydrogens is 437 g/mol. The molecule has 3 aliphatic rings. The van der Waals surface area contributed by atoms with Gasteiger partial charge in [0.2, 0.25) is 29.0 Å². The van der Waals surface area contributed by atoms with Crippen molar-refractivity contribution in [2.75, 3.05) is 4.90 Å². The maximum absolute atomic E-state index is 14.7. The Bertz CT molecular complexity index is 1380. The van der Waals surface area contributed by atoms with Crippen molar-refractivity contribution in [1.29, 1.82) is 0 Å².